The molecule has 0 radical (unpaired) electrons. The van der Waals surface area contributed by atoms with Gasteiger partial charge in [0.15, 0.2) is 4.34 Å². The van der Waals surface area contributed by atoms with Crippen molar-refractivity contribution < 1.29 is 8.78 Å². The predicted octanol–water partition coefficient (Wildman–Crippen LogP) is 4.06. The Bertz CT molecular complexity index is 296. The fourth-order valence-electron chi connectivity index (χ4n) is 0.621. The minimum atomic E-state index is -1.63. The molecule has 0 fully saturated rings. The number of halogens is 3. The Morgan fingerprint density at radius 3 is 3.00 bits per heavy atom. The van der Waals surface area contributed by atoms with Crippen LogP contribution in [-0.4, -0.2) is 10.7 Å². The summed E-state index contributed by atoms with van der Waals surface area (Å²) in [6.45, 7) is 0. The van der Waals surface area contributed by atoms with E-state index >= 15 is 0 Å². The van der Waals surface area contributed by atoms with Crippen molar-refractivity contribution in [2.75, 3.05) is 5.75 Å². The highest BCUT2D eigenvalue weighted by molar-refractivity contribution is 8.01. The fraction of sp³-hybridized carbons (Fsp3) is 0.286. The van der Waals surface area contributed by atoms with Crippen LogP contribution in [0.1, 0.15) is 6.42 Å². The summed E-state index contributed by atoms with van der Waals surface area (Å²) in [6.07, 6.45) is 1.18. The van der Waals surface area contributed by atoms with Crippen LogP contribution in [0.3, 0.4) is 0 Å². The number of rotatable bonds is 4. The molecule has 0 aliphatic carbocycles. The Morgan fingerprint density at radius 1 is 1.69 bits per heavy atom. The molecule has 0 saturated carbocycles. The molecule has 13 heavy (non-hydrogen) atoms. The Hall–Kier alpha value is -0.130. The van der Waals surface area contributed by atoms with Crippen LogP contribution in [0.15, 0.2) is 22.7 Å². The Balaban J connectivity index is 2.24. The van der Waals surface area contributed by atoms with Gasteiger partial charge in [-0.25, -0.2) is 4.98 Å². The quantitative estimate of drug-likeness (QED) is 0.583. The zero-order chi connectivity index (χ0) is 9.68. The van der Waals surface area contributed by atoms with Gasteiger partial charge in [-0.05, 0) is 12.5 Å². The van der Waals surface area contributed by atoms with E-state index in [1.807, 2.05) is 0 Å². The smallest absolute Gasteiger partial charge is 0.237 e. The van der Waals surface area contributed by atoms with Gasteiger partial charge in [0.1, 0.15) is 4.34 Å². The molecule has 6 heteroatoms. The van der Waals surface area contributed by atoms with Crippen LogP contribution in [0.5, 0.6) is 0 Å². The molecule has 0 atom stereocenters. The summed E-state index contributed by atoms with van der Waals surface area (Å²) < 4.78 is 24.6. The summed E-state index contributed by atoms with van der Waals surface area (Å²) in [7, 11) is 0. The van der Waals surface area contributed by atoms with Gasteiger partial charge in [0.2, 0.25) is 0 Å². The second-order valence-electron chi connectivity index (χ2n) is 2.06. The second kappa shape index (κ2) is 5.57. The van der Waals surface area contributed by atoms with Crippen LogP contribution in [0.25, 0.3) is 0 Å². The average molecular weight is 242 g/mol. The monoisotopic (exact) mass is 241 g/mol. The first-order valence-electron chi connectivity index (χ1n) is 3.44. The van der Waals surface area contributed by atoms with E-state index in [4.69, 9.17) is 11.6 Å². The largest absolute Gasteiger partial charge is 0.266 e. The Labute approximate surface area is 87.8 Å². The lowest BCUT2D eigenvalue weighted by Gasteiger charge is -1.91. The first kappa shape index (κ1) is 10.9. The van der Waals surface area contributed by atoms with Gasteiger partial charge < -0.3 is 0 Å². The first-order chi connectivity index (χ1) is 6.18. The van der Waals surface area contributed by atoms with E-state index in [1.165, 1.54) is 23.1 Å². The number of thioether (sulfide) groups is 1. The van der Waals surface area contributed by atoms with Crippen LogP contribution in [-0.2, 0) is 0 Å². The molecule has 1 heterocycles. The van der Waals surface area contributed by atoms with E-state index in [-0.39, 0.29) is 0 Å². The highest BCUT2D eigenvalue weighted by atomic mass is 35.5. The van der Waals surface area contributed by atoms with Crippen LogP contribution in [0.4, 0.5) is 8.78 Å². The number of aromatic nitrogens is 1. The van der Waals surface area contributed by atoms with Crippen LogP contribution < -0.4 is 0 Å². The minimum absolute atomic E-state index is 0.351. The van der Waals surface area contributed by atoms with Gasteiger partial charge in [-0.1, -0.05) is 34.7 Å². The maximum Gasteiger partial charge on any atom is 0.266 e. The van der Waals surface area contributed by atoms with Crippen LogP contribution in [0.2, 0.25) is 4.34 Å². The normalized spacial score (nSPS) is 10.1. The fourth-order valence-corrected chi connectivity index (χ4v) is 2.70. The number of hydrogen-bond donors (Lipinski definition) is 0. The van der Waals surface area contributed by atoms with Gasteiger partial charge in [0.05, 0.1) is 6.20 Å². The van der Waals surface area contributed by atoms with Gasteiger partial charge in [-0.2, -0.15) is 8.78 Å². The van der Waals surface area contributed by atoms with E-state index < -0.39 is 6.08 Å². The van der Waals surface area contributed by atoms with Gasteiger partial charge in [0.25, 0.3) is 6.08 Å². The highest BCUT2D eigenvalue weighted by Crippen LogP contribution is 2.27. The van der Waals surface area contributed by atoms with Crippen molar-refractivity contribution in [2.45, 2.75) is 10.8 Å². The first-order valence-corrected chi connectivity index (χ1v) is 5.62. The number of thiazole rings is 1. The van der Waals surface area contributed by atoms with Gasteiger partial charge >= 0.3 is 0 Å². The van der Waals surface area contributed by atoms with E-state index in [0.717, 1.165) is 10.4 Å². The number of nitrogens with zero attached hydrogens (tertiary/aromatic N) is 1. The van der Waals surface area contributed by atoms with E-state index in [2.05, 4.69) is 4.98 Å². The maximum absolute atomic E-state index is 11.6. The summed E-state index contributed by atoms with van der Waals surface area (Å²) >= 11 is 8.42. The van der Waals surface area contributed by atoms with Crippen molar-refractivity contribution in [1.82, 2.24) is 4.98 Å². The average Bonchev–Trinajstić information content (AvgIpc) is 2.45. The molecule has 0 saturated heterocycles. The molecule has 1 aromatic rings. The van der Waals surface area contributed by atoms with Crippen molar-refractivity contribution >= 4 is 34.7 Å². The van der Waals surface area contributed by atoms with Crippen molar-refractivity contribution in [3.8, 4) is 0 Å². The molecular weight excluding hydrogens is 236 g/mol. The topological polar surface area (TPSA) is 12.9 Å². The molecule has 0 amide bonds. The maximum atomic E-state index is 11.6. The summed E-state index contributed by atoms with van der Waals surface area (Å²) in [5, 5.41) is 0. The molecule has 1 aromatic heterocycles. The molecule has 0 unspecified atom stereocenters. The predicted molar refractivity (Wildman–Crippen MR) is 52.8 cm³/mol. The zero-order valence-electron chi connectivity index (χ0n) is 6.47. The molecule has 0 bridgehead atoms. The van der Waals surface area contributed by atoms with Crippen LogP contribution >= 0.6 is 34.7 Å². The Kier molecular flexibility index (Phi) is 4.69. The number of hydrogen-bond acceptors (Lipinski definition) is 3. The molecule has 72 valence electrons. The molecule has 0 aromatic carbocycles. The summed E-state index contributed by atoms with van der Waals surface area (Å²) in [6, 6.07) is 0. The summed E-state index contributed by atoms with van der Waals surface area (Å²) in [5.74, 6) is 0.598. The van der Waals surface area contributed by atoms with E-state index in [1.54, 1.807) is 6.20 Å². The molecule has 0 aliphatic rings. The molecule has 1 nitrogen and oxygen atoms in total. The summed E-state index contributed by atoms with van der Waals surface area (Å²) in [4.78, 5) is 3.97. The lowest BCUT2D eigenvalue weighted by Crippen LogP contribution is -1.75. The second-order valence-corrected chi connectivity index (χ2v) is 5.07. The SMILES string of the molecule is FC(F)=CCCSc1ncc(Cl)s1. The lowest BCUT2D eigenvalue weighted by atomic mass is 10.5. The standard InChI is InChI=1S/C7H6ClF2NS2/c8-5-4-11-7(13-5)12-3-1-2-6(9)10/h2,4H,1,3H2. The molecular formula is C7H6ClF2NS2. The van der Waals surface area contributed by atoms with Crippen molar-refractivity contribution in [3.05, 3.63) is 22.7 Å². The third-order valence-corrected chi connectivity index (χ3v) is 3.40. The van der Waals surface area contributed by atoms with Crippen molar-refractivity contribution in [3.63, 3.8) is 0 Å². The molecule has 0 spiro atoms. The third kappa shape index (κ3) is 4.59. The van der Waals surface area contributed by atoms with Crippen LogP contribution in [0, 0.1) is 0 Å². The third-order valence-electron chi connectivity index (χ3n) is 1.10. The van der Waals surface area contributed by atoms with Gasteiger partial charge in [-0.15, -0.1) is 0 Å². The highest BCUT2D eigenvalue weighted by Gasteiger charge is 1.99. The van der Waals surface area contributed by atoms with Gasteiger partial charge in [0, 0.05) is 5.75 Å². The zero-order valence-corrected chi connectivity index (χ0v) is 8.86. The molecule has 0 N–H and O–H groups in total. The van der Waals surface area contributed by atoms with Crippen molar-refractivity contribution in [2.24, 2.45) is 0 Å². The molecule has 1 rings (SSSR count). The summed E-state index contributed by atoms with van der Waals surface area (Å²) in [5.41, 5.74) is 0. The lowest BCUT2D eigenvalue weighted by molar-refractivity contribution is 0.418. The van der Waals surface area contributed by atoms with Gasteiger partial charge in [-0.3, -0.25) is 0 Å². The Morgan fingerprint density at radius 2 is 2.46 bits per heavy atom. The number of allylic oxidation sites excluding steroid dienone is 1. The van der Waals surface area contributed by atoms with E-state index in [0.29, 0.717) is 16.5 Å². The van der Waals surface area contributed by atoms with E-state index in [9.17, 15) is 8.78 Å². The van der Waals surface area contributed by atoms with Crippen molar-refractivity contribution in [1.29, 1.82) is 0 Å². The minimum Gasteiger partial charge on any atom is -0.237 e. The molecule has 0 aliphatic heterocycles.